The Balaban J connectivity index is 1.32. The molecule has 0 aliphatic carbocycles. The SMILES string of the molecule is Cc1cccc(CN2CCN(Cc3ccc(N4CCNC4=O)cc3)CC2=O)c1. The summed E-state index contributed by atoms with van der Waals surface area (Å²) < 4.78 is 0. The van der Waals surface area contributed by atoms with Gasteiger partial charge in [0.15, 0.2) is 0 Å². The molecule has 28 heavy (non-hydrogen) atoms. The van der Waals surface area contributed by atoms with E-state index in [1.807, 2.05) is 35.2 Å². The first-order chi connectivity index (χ1) is 13.6. The average molecular weight is 378 g/mol. The summed E-state index contributed by atoms with van der Waals surface area (Å²) in [7, 11) is 0. The van der Waals surface area contributed by atoms with Crippen molar-refractivity contribution in [2.45, 2.75) is 20.0 Å². The van der Waals surface area contributed by atoms with Crippen molar-refractivity contribution in [2.24, 2.45) is 0 Å². The molecule has 3 amide bonds. The highest BCUT2D eigenvalue weighted by Gasteiger charge is 2.24. The van der Waals surface area contributed by atoms with E-state index in [4.69, 9.17) is 0 Å². The number of benzene rings is 2. The summed E-state index contributed by atoms with van der Waals surface area (Å²) in [5, 5.41) is 2.81. The molecule has 2 fully saturated rings. The average Bonchev–Trinajstić information content (AvgIpc) is 3.11. The van der Waals surface area contributed by atoms with Crippen molar-refractivity contribution in [1.82, 2.24) is 15.1 Å². The van der Waals surface area contributed by atoms with Gasteiger partial charge in [0, 0.05) is 45.0 Å². The summed E-state index contributed by atoms with van der Waals surface area (Å²) in [5.41, 5.74) is 4.47. The fraction of sp³-hybridized carbons (Fsp3) is 0.364. The first kappa shape index (κ1) is 18.5. The molecule has 2 saturated heterocycles. The van der Waals surface area contributed by atoms with Gasteiger partial charge in [-0.1, -0.05) is 42.0 Å². The van der Waals surface area contributed by atoms with Gasteiger partial charge in [0.05, 0.1) is 6.54 Å². The van der Waals surface area contributed by atoms with E-state index in [2.05, 4.69) is 35.3 Å². The summed E-state index contributed by atoms with van der Waals surface area (Å²) in [6.07, 6.45) is 0. The minimum atomic E-state index is -0.0388. The van der Waals surface area contributed by atoms with E-state index < -0.39 is 0 Å². The molecule has 2 aliphatic heterocycles. The van der Waals surface area contributed by atoms with Crippen LogP contribution in [0.15, 0.2) is 48.5 Å². The Kier molecular flexibility index (Phi) is 5.30. The van der Waals surface area contributed by atoms with Gasteiger partial charge >= 0.3 is 6.03 Å². The molecule has 0 radical (unpaired) electrons. The zero-order valence-corrected chi connectivity index (χ0v) is 16.2. The van der Waals surface area contributed by atoms with Crippen LogP contribution in [0.2, 0.25) is 0 Å². The first-order valence-corrected chi connectivity index (χ1v) is 9.78. The molecule has 4 rings (SSSR count). The number of hydrogen-bond acceptors (Lipinski definition) is 3. The lowest BCUT2D eigenvalue weighted by Gasteiger charge is -2.34. The maximum atomic E-state index is 12.6. The summed E-state index contributed by atoms with van der Waals surface area (Å²) in [5.74, 6) is 0.179. The van der Waals surface area contributed by atoms with Gasteiger partial charge in [-0.2, -0.15) is 0 Å². The van der Waals surface area contributed by atoms with Gasteiger partial charge in [-0.05, 0) is 30.2 Å². The molecule has 0 saturated carbocycles. The highest BCUT2D eigenvalue weighted by Crippen LogP contribution is 2.19. The predicted octanol–water partition coefficient (Wildman–Crippen LogP) is 2.37. The standard InChI is InChI=1S/C22H26N4O2/c1-17-3-2-4-19(13-17)15-25-12-11-24(16-21(25)27)14-18-5-7-20(8-6-18)26-10-9-23-22(26)28/h2-8,13H,9-12,14-16H2,1H3,(H,23,28). The molecule has 2 aromatic carbocycles. The predicted molar refractivity (Wildman–Crippen MR) is 109 cm³/mol. The minimum absolute atomic E-state index is 0.0388. The summed E-state index contributed by atoms with van der Waals surface area (Å²) in [4.78, 5) is 30.2. The topological polar surface area (TPSA) is 55.9 Å². The zero-order chi connectivity index (χ0) is 19.5. The van der Waals surface area contributed by atoms with E-state index in [1.54, 1.807) is 4.90 Å². The number of carbonyl (C=O) groups is 2. The van der Waals surface area contributed by atoms with Gasteiger partial charge in [0.1, 0.15) is 0 Å². The molecule has 0 atom stereocenters. The second kappa shape index (κ2) is 8.02. The fourth-order valence-corrected chi connectivity index (χ4v) is 3.85. The van der Waals surface area contributed by atoms with Gasteiger partial charge in [-0.25, -0.2) is 4.79 Å². The lowest BCUT2D eigenvalue weighted by molar-refractivity contribution is -0.136. The minimum Gasteiger partial charge on any atom is -0.336 e. The number of amides is 3. The van der Waals surface area contributed by atoms with Gasteiger partial charge in [-0.15, -0.1) is 0 Å². The van der Waals surface area contributed by atoms with Crippen molar-refractivity contribution in [2.75, 3.05) is 37.6 Å². The maximum absolute atomic E-state index is 12.6. The third kappa shape index (κ3) is 4.17. The number of aryl methyl sites for hydroxylation is 1. The van der Waals surface area contributed by atoms with Gasteiger partial charge in [0.2, 0.25) is 5.91 Å². The molecule has 1 N–H and O–H groups in total. The smallest absolute Gasteiger partial charge is 0.321 e. The van der Waals surface area contributed by atoms with Gasteiger partial charge < -0.3 is 10.2 Å². The van der Waals surface area contributed by atoms with Crippen LogP contribution < -0.4 is 10.2 Å². The van der Waals surface area contributed by atoms with E-state index >= 15 is 0 Å². The van der Waals surface area contributed by atoms with E-state index in [1.165, 1.54) is 11.1 Å². The monoisotopic (exact) mass is 378 g/mol. The van der Waals surface area contributed by atoms with Crippen molar-refractivity contribution in [1.29, 1.82) is 0 Å². The van der Waals surface area contributed by atoms with Crippen LogP contribution in [0.25, 0.3) is 0 Å². The number of nitrogens with zero attached hydrogens (tertiary/aromatic N) is 3. The van der Waals surface area contributed by atoms with Crippen LogP contribution in [-0.2, 0) is 17.9 Å². The molecule has 0 spiro atoms. The van der Waals surface area contributed by atoms with Crippen LogP contribution in [-0.4, -0.2) is 54.5 Å². The Hall–Kier alpha value is -2.86. The first-order valence-electron chi connectivity index (χ1n) is 9.78. The third-order valence-electron chi connectivity index (χ3n) is 5.36. The lowest BCUT2D eigenvalue weighted by atomic mass is 10.1. The Morgan fingerprint density at radius 2 is 1.75 bits per heavy atom. The second-order valence-corrected chi connectivity index (χ2v) is 7.57. The number of anilines is 1. The van der Waals surface area contributed by atoms with E-state index in [9.17, 15) is 9.59 Å². The van der Waals surface area contributed by atoms with Crippen molar-refractivity contribution in [3.63, 3.8) is 0 Å². The summed E-state index contributed by atoms with van der Waals surface area (Å²) in [6, 6.07) is 16.4. The fourth-order valence-electron chi connectivity index (χ4n) is 3.85. The van der Waals surface area contributed by atoms with Crippen molar-refractivity contribution in [3.8, 4) is 0 Å². The van der Waals surface area contributed by atoms with Crippen LogP contribution in [0.4, 0.5) is 10.5 Å². The largest absolute Gasteiger partial charge is 0.336 e. The normalized spacial score (nSPS) is 17.9. The summed E-state index contributed by atoms with van der Waals surface area (Å²) >= 11 is 0. The van der Waals surface area contributed by atoms with E-state index in [0.29, 0.717) is 26.2 Å². The Labute approximate surface area is 165 Å². The summed E-state index contributed by atoms with van der Waals surface area (Å²) in [6.45, 7) is 6.96. The molecule has 2 aromatic rings. The maximum Gasteiger partial charge on any atom is 0.321 e. The molecular formula is C22H26N4O2. The van der Waals surface area contributed by atoms with Crippen LogP contribution in [0.3, 0.4) is 0 Å². The number of rotatable bonds is 5. The molecular weight excluding hydrogens is 352 g/mol. The van der Waals surface area contributed by atoms with Crippen LogP contribution in [0.1, 0.15) is 16.7 Å². The highest BCUT2D eigenvalue weighted by molar-refractivity contribution is 5.94. The van der Waals surface area contributed by atoms with Crippen molar-refractivity contribution >= 4 is 17.6 Å². The number of hydrogen-bond donors (Lipinski definition) is 1. The van der Waals surface area contributed by atoms with Crippen LogP contribution in [0, 0.1) is 6.92 Å². The molecule has 0 unspecified atom stereocenters. The number of nitrogens with one attached hydrogen (secondary N) is 1. The van der Waals surface area contributed by atoms with Crippen molar-refractivity contribution < 1.29 is 9.59 Å². The van der Waals surface area contributed by atoms with Gasteiger partial charge in [0.25, 0.3) is 0 Å². The lowest BCUT2D eigenvalue weighted by Crippen LogP contribution is -2.49. The molecule has 0 aromatic heterocycles. The molecule has 6 nitrogen and oxygen atoms in total. The highest BCUT2D eigenvalue weighted by atomic mass is 16.2. The van der Waals surface area contributed by atoms with Crippen LogP contribution >= 0.6 is 0 Å². The Bertz CT molecular complexity index is 865. The number of urea groups is 1. The number of piperazine rings is 1. The molecule has 6 heteroatoms. The molecule has 146 valence electrons. The molecule has 0 bridgehead atoms. The Morgan fingerprint density at radius 3 is 2.43 bits per heavy atom. The quantitative estimate of drug-likeness (QED) is 0.869. The third-order valence-corrected chi connectivity index (χ3v) is 5.36. The second-order valence-electron chi connectivity index (χ2n) is 7.57. The molecule has 2 aliphatic rings. The van der Waals surface area contributed by atoms with Gasteiger partial charge in [-0.3, -0.25) is 14.6 Å². The van der Waals surface area contributed by atoms with Crippen molar-refractivity contribution in [3.05, 3.63) is 65.2 Å². The zero-order valence-electron chi connectivity index (χ0n) is 16.2. The van der Waals surface area contributed by atoms with Crippen LogP contribution in [0.5, 0.6) is 0 Å². The van der Waals surface area contributed by atoms with E-state index in [0.717, 1.165) is 30.9 Å². The number of carbonyl (C=O) groups excluding carboxylic acids is 2. The Morgan fingerprint density at radius 1 is 0.929 bits per heavy atom. The molecule has 2 heterocycles. The van der Waals surface area contributed by atoms with E-state index in [-0.39, 0.29) is 11.9 Å².